The van der Waals surface area contributed by atoms with Gasteiger partial charge in [0.05, 0.1) is 5.69 Å². The second kappa shape index (κ2) is 4.59. The molecule has 0 saturated carbocycles. The lowest BCUT2D eigenvalue weighted by Crippen LogP contribution is -2.50. The number of nitrogens with one attached hydrogen (secondary N) is 2. The minimum absolute atomic E-state index is 0.195. The predicted octanol–water partition coefficient (Wildman–Crippen LogP) is 0.491. The van der Waals surface area contributed by atoms with Crippen molar-refractivity contribution >= 4 is 5.78 Å². The van der Waals surface area contributed by atoms with E-state index >= 15 is 0 Å². The third-order valence-electron chi connectivity index (χ3n) is 2.96. The van der Waals surface area contributed by atoms with Gasteiger partial charge in [0.25, 0.3) is 0 Å². The molecule has 0 bridgehead atoms. The Balaban J connectivity index is 1.93. The Labute approximate surface area is 89.7 Å². The number of aromatic nitrogens is 1. The van der Waals surface area contributed by atoms with Crippen molar-refractivity contribution in [3.63, 3.8) is 0 Å². The van der Waals surface area contributed by atoms with Gasteiger partial charge in [-0.3, -0.25) is 4.79 Å². The number of hydrogen-bond acceptors (Lipinski definition) is 3. The van der Waals surface area contributed by atoms with E-state index in [9.17, 15) is 4.79 Å². The first kappa shape index (κ1) is 10.4. The highest BCUT2D eigenvalue weighted by Gasteiger charge is 2.22. The maximum atomic E-state index is 11.8. The van der Waals surface area contributed by atoms with Crippen LogP contribution in [0.3, 0.4) is 0 Å². The zero-order valence-corrected chi connectivity index (χ0v) is 8.99. The van der Waals surface area contributed by atoms with Crippen molar-refractivity contribution < 1.29 is 4.79 Å². The summed E-state index contributed by atoms with van der Waals surface area (Å²) in [5.74, 6) is 0.195. The van der Waals surface area contributed by atoms with Crippen LogP contribution in [0.25, 0.3) is 0 Å². The standard InChI is InChI=1S/C11H17N3O/c1-14-6-5-12-8-9(14)7-11(15)10-3-2-4-13-10/h2-4,9,12-13H,5-8H2,1H3. The van der Waals surface area contributed by atoms with Crippen LogP contribution < -0.4 is 5.32 Å². The van der Waals surface area contributed by atoms with Gasteiger partial charge in [-0.05, 0) is 19.2 Å². The van der Waals surface area contributed by atoms with Gasteiger partial charge in [-0.1, -0.05) is 0 Å². The molecule has 1 aliphatic rings. The van der Waals surface area contributed by atoms with Crippen molar-refractivity contribution in [3.05, 3.63) is 24.0 Å². The molecule has 0 amide bonds. The fraction of sp³-hybridized carbons (Fsp3) is 0.545. The third-order valence-corrected chi connectivity index (χ3v) is 2.96. The summed E-state index contributed by atoms with van der Waals surface area (Å²) in [5.41, 5.74) is 0.717. The minimum atomic E-state index is 0.195. The maximum Gasteiger partial charge on any atom is 0.180 e. The predicted molar refractivity (Wildman–Crippen MR) is 59.0 cm³/mol. The molecule has 1 unspecified atom stereocenters. The Morgan fingerprint density at radius 1 is 1.67 bits per heavy atom. The normalized spacial score (nSPS) is 22.9. The van der Waals surface area contributed by atoms with Gasteiger partial charge in [0.15, 0.2) is 5.78 Å². The van der Waals surface area contributed by atoms with E-state index in [2.05, 4.69) is 22.2 Å². The topological polar surface area (TPSA) is 48.1 Å². The molecule has 4 nitrogen and oxygen atoms in total. The average Bonchev–Trinajstić information content (AvgIpc) is 2.74. The quantitative estimate of drug-likeness (QED) is 0.709. The van der Waals surface area contributed by atoms with Crippen LogP contribution in [0.4, 0.5) is 0 Å². The first-order valence-corrected chi connectivity index (χ1v) is 5.35. The fourth-order valence-corrected chi connectivity index (χ4v) is 1.92. The van der Waals surface area contributed by atoms with Crippen LogP contribution in [0.2, 0.25) is 0 Å². The average molecular weight is 207 g/mol. The molecular formula is C11H17N3O. The highest BCUT2D eigenvalue weighted by atomic mass is 16.1. The molecule has 82 valence electrons. The van der Waals surface area contributed by atoms with Gasteiger partial charge in [0.1, 0.15) is 0 Å². The van der Waals surface area contributed by atoms with E-state index in [1.165, 1.54) is 0 Å². The molecule has 2 heterocycles. The van der Waals surface area contributed by atoms with Crippen molar-refractivity contribution in [2.24, 2.45) is 0 Å². The van der Waals surface area contributed by atoms with Crippen molar-refractivity contribution in [3.8, 4) is 0 Å². The van der Waals surface area contributed by atoms with Gasteiger partial charge < -0.3 is 15.2 Å². The molecule has 1 fully saturated rings. The van der Waals surface area contributed by atoms with Crippen molar-refractivity contribution in [2.75, 3.05) is 26.7 Å². The van der Waals surface area contributed by atoms with E-state index < -0.39 is 0 Å². The summed E-state index contributed by atoms with van der Waals surface area (Å²) in [6, 6.07) is 4.02. The SMILES string of the molecule is CN1CCNCC1CC(=O)c1ccc[nH]1. The summed E-state index contributed by atoms with van der Waals surface area (Å²) in [4.78, 5) is 17.0. The van der Waals surface area contributed by atoms with Crippen LogP contribution in [-0.2, 0) is 0 Å². The Morgan fingerprint density at radius 2 is 2.53 bits per heavy atom. The molecule has 15 heavy (non-hydrogen) atoms. The zero-order chi connectivity index (χ0) is 10.7. The van der Waals surface area contributed by atoms with Crippen molar-refractivity contribution in [1.82, 2.24) is 15.2 Å². The molecule has 4 heteroatoms. The molecule has 0 radical (unpaired) electrons. The number of likely N-dealkylation sites (N-methyl/N-ethyl adjacent to an activating group) is 1. The van der Waals surface area contributed by atoms with E-state index in [4.69, 9.17) is 0 Å². The van der Waals surface area contributed by atoms with Crippen LogP contribution in [0.15, 0.2) is 18.3 Å². The molecule has 0 aromatic carbocycles. The Hall–Kier alpha value is -1.13. The summed E-state index contributed by atoms with van der Waals surface area (Å²) in [5, 5.41) is 3.31. The van der Waals surface area contributed by atoms with Crippen LogP contribution in [-0.4, -0.2) is 48.4 Å². The summed E-state index contributed by atoms with van der Waals surface area (Å²) >= 11 is 0. The Bertz CT molecular complexity index is 321. The second-order valence-corrected chi connectivity index (χ2v) is 4.05. The van der Waals surface area contributed by atoms with Crippen LogP contribution in [0.5, 0.6) is 0 Å². The van der Waals surface area contributed by atoms with Gasteiger partial charge in [-0.25, -0.2) is 0 Å². The van der Waals surface area contributed by atoms with Gasteiger partial charge in [-0.2, -0.15) is 0 Å². The molecule has 0 aliphatic carbocycles. The Kier molecular flexibility index (Phi) is 3.18. The van der Waals surface area contributed by atoms with E-state index in [1.54, 1.807) is 6.20 Å². The molecule has 1 aliphatic heterocycles. The van der Waals surface area contributed by atoms with Crippen molar-refractivity contribution in [2.45, 2.75) is 12.5 Å². The van der Waals surface area contributed by atoms with Crippen molar-refractivity contribution in [1.29, 1.82) is 0 Å². The number of ketones is 1. The van der Waals surface area contributed by atoms with Crippen LogP contribution >= 0.6 is 0 Å². The van der Waals surface area contributed by atoms with E-state index in [1.807, 2.05) is 12.1 Å². The number of H-pyrrole nitrogens is 1. The second-order valence-electron chi connectivity index (χ2n) is 4.05. The molecule has 1 aromatic rings. The highest BCUT2D eigenvalue weighted by Crippen LogP contribution is 2.09. The lowest BCUT2D eigenvalue weighted by Gasteiger charge is -2.32. The smallest absolute Gasteiger partial charge is 0.180 e. The minimum Gasteiger partial charge on any atom is -0.359 e. The largest absolute Gasteiger partial charge is 0.359 e. The van der Waals surface area contributed by atoms with Crippen LogP contribution in [0, 0.1) is 0 Å². The first-order chi connectivity index (χ1) is 7.27. The number of Topliss-reactive ketones (excluding diaryl/α,β-unsaturated/α-hetero) is 1. The van der Waals surface area contributed by atoms with Gasteiger partial charge in [-0.15, -0.1) is 0 Å². The van der Waals surface area contributed by atoms with E-state index in [0.717, 1.165) is 19.6 Å². The zero-order valence-electron chi connectivity index (χ0n) is 8.99. The van der Waals surface area contributed by atoms with Crippen LogP contribution in [0.1, 0.15) is 16.9 Å². The summed E-state index contributed by atoms with van der Waals surface area (Å²) in [7, 11) is 2.08. The third kappa shape index (κ3) is 2.46. The summed E-state index contributed by atoms with van der Waals surface area (Å²) in [6.45, 7) is 2.94. The number of rotatable bonds is 3. The molecule has 1 aromatic heterocycles. The number of aromatic amines is 1. The Morgan fingerprint density at radius 3 is 3.20 bits per heavy atom. The summed E-state index contributed by atoms with van der Waals surface area (Å²) < 4.78 is 0. The molecular weight excluding hydrogens is 190 g/mol. The monoisotopic (exact) mass is 207 g/mol. The van der Waals surface area contributed by atoms with Gasteiger partial charge in [0.2, 0.25) is 0 Å². The fourth-order valence-electron chi connectivity index (χ4n) is 1.92. The molecule has 2 rings (SSSR count). The van der Waals surface area contributed by atoms with E-state index in [0.29, 0.717) is 18.2 Å². The number of carbonyl (C=O) groups is 1. The molecule has 0 spiro atoms. The number of hydrogen-bond donors (Lipinski definition) is 2. The number of nitrogens with zero attached hydrogens (tertiary/aromatic N) is 1. The lowest BCUT2D eigenvalue weighted by atomic mass is 10.1. The highest BCUT2D eigenvalue weighted by molar-refractivity contribution is 5.94. The molecule has 2 N–H and O–H groups in total. The van der Waals surface area contributed by atoms with Gasteiger partial charge >= 0.3 is 0 Å². The molecule has 1 saturated heterocycles. The maximum absolute atomic E-state index is 11.8. The number of carbonyl (C=O) groups excluding carboxylic acids is 1. The number of piperazine rings is 1. The van der Waals surface area contributed by atoms with E-state index in [-0.39, 0.29) is 5.78 Å². The first-order valence-electron chi connectivity index (χ1n) is 5.35. The molecule has 1 atom stereocenters. The van der Waals surface area contributed by atoms with Gasteiger partial charge in [0, 0.05) is 38.3 Å². The summed E-state index contributed by atoms with van der Waals surface area (Å²) in [6.07, 6.45) is 2.38. The lowest BCUT2D eigenvalue weighted by molar-refractivity contribution is 0.0913.